The van der Waals surface area contributed by atoms with Gasteiger partial charge in [-0.05, 0) is 51.2 Å². The number of hydrogen-bond donors (Lipinski definition) is 0. The molecule has 1 heterocycles. The zero-order chi connectivity index (χ0) is 8.60. The molecular formula is C10H17NO. The number of rotatable bonds is 1. The Morgan fingerprint density at radius 3 is 2.42 bits per heavy atom. The molecule has 1 saturated carbocycles. The zero-order valence-electron chi connectivity index (χ0n) is 7.75. The molecule has 1 aliphatic heterocycles. The van der Waals surface area contributed by atoms with Crippen molar-refractivity contribution in [2.24, 2.45) is 11.3 Å². The predicted molar refractivity (Wildman–Crippen MR) is 48.0 cm³/mol. The molecule has 1 spiro atoms. The standard InChI is InChI=1S/C10H17NO/c1-11-4-2-10(3-5-11)6-9(7-10)8-12/h8-9H,2-7H2,1H3. The molecule has 0 unspecified atom stereocenters. The summed E-state index contributed by atoms with van der Waals surface area (Å²) in [4.78, 5) is 12.9. The molecule has 1 saturated heterocycles. The fourth-order valence-electron chi connectivity index (χ4n) is 2.65. The summed E-state index contributed by atoms with van der Waals surface area (Å²) in [6.45, 7) is 2.46. The molecule has 0 aromatic carbocycles. The van der Waals surface area contributed by atoms with Crippen molar-refractivity contribution in [1.82, 2.24) is 4.90 Å². The van der Waals surface area contributed by atoms with E-state index >= 15 is 0 Å². The quantitative estimate of drug-likeness (QED) is 0.549. The fourth-order valence-corrected chi connectivity index (χ4v) is 2.65. The largest absolute Gasteiger partial charge is 0.306 e. The molecule has 0 N–H and O–H groups in total. The van der Waals surface area contributed by atoms with Crippen LogP contribution < -0.4 is 0 Å². The molecule has 2 rings (SSSR count). The third-order valence-corrected chi connectivity index (χ3v) is 3.63. The van der Waals surface area contributed by atoms with E-state index in [2.05, 4.69) is 11.9 Å². The average Bonchev–Trinajstić information content (AvgIpc) is 2.02. The van der Waals surface area contributed by atoms with Gasteiger partial charge in [0, 0.05) is 5.92 Å². The minimum atomic E-state index is 0.397. The highest BCUT2D eigenvalue weighted by atomic mass is 16.1. The minimum Gasteiger partial charge on any atom is -0.306 e. The minimum absolute atomic E-state index is 0.397. The van der Waals surface area contributed by atoms with Crippen molar-refractivity contribution in [2.75, 3.05) is 20.1 Å². The number of carbonyl (C=O) groups is 1. The van der Waals surface area contributed by atoms with Crippen LogP contribution in [-0.4, -0.2) is 31.3 Å². The normalized spacial score (nSPS) is 30.1. The van der Waals surface area contributed by atoms with Crippen LogP contribution in [0, 0.1) is 11.3 Å². The summed E-state index contributed by atoms with van der Waals surface area (Å²) in [6.07, 6.45) is 6.11. The van der Waals surface area contributed by atoms with Gasteiger partial charge in [0.05, 0.1) is 0 Å². The highest BCUT2D eigenvalue weighted by molar-refractivity contribution is 5.55. The van der Waals surface area contributed by atoms with Gasteiger partial charge in [-0.25, -0.2) is 0 Å². The Kier molecular flexibility index (Phi) is 1.95. The number of nitrogens with zero attached hydrogens (tertiary/aromatic N) is 1. The van der Waals surface area contributed by atoms with E-state index in [1.807, 2.05) is 0 Å². The molecule has 12 heavy (non-hydrogen) atoms. The number of carbonyl (C=O) groups excluding carboxylic acids is 1. The molecular weight excluding hydrogens is 150 g/mol. The average molecular weight is 167 g/mol. The second kappa shape index (κ2) is 2.84. The fraction of sp³-hybridized carbons (Fsp3) is 0.900. The van der Waals surface area contributed by atoms with Gasteiger partial charge in [0.2, 0.25) is 0 Å². The molecule has 2 heteroatoms. The van der Waals surface area contributed by atoms with Crippen LogP contribution in [-0.2, 0) is 4.79 Å². The highest BCUT2D eigenvalue weighted by Gasteiger charge is 2.44. The van der Waals surface area contributed by atoms with Crippen LogP contribution in [0.5, 0.6) is 0 Å². The molecule has 0 aromatic rings. The first-order valence-electron chi connectivity index (χ1n) is 4.88. The Balaban J connectivity index is 1.86. The molecule has 0 atom stereocenters. The summed E-state index contributed by atoms with van der Waals surface area (Å²) in [5.74, 6) is 0.397. The van der Waals surface area contributed by atoms with E-state index in [1.54, 1.807) is 0 Å². The van der Waals surface area contributed by atoms with E-state index in [1.165, 1.54) is 38.8 Å². The Hall–Kier alpha value is -0.370. The molecule has 2 aliphatic rings. The predicted octanol–water partition coefficient (Wildman–Crippen LogP) is 1.31. The van der Waals surface area contributed by atoms with Crippen molar-refractivity contribution in [3.63, 3.8) is 0 Å². The van der Waals surface area contributed by atoms with E-state index in [9.17, 15) is 4.79 Å². The molecule has 0 amide bonds. The number of piperidine rings is 1. The van der Waals surface area contributed by atoms with E-state index < -0.39 is 0 Å². The second-order valence-electron chi connectivity index (χ2n) is 4.61. The monoisotopic (exact) mass is 167 g/mol. The summed E-state index contributed by atoms with van der Waals surface area (Å²) in [6, 6.07) is 0. The van der Waals surface area contributed by atoms with Gasteiger partial charge in [-0.1, -0.05) is 0 Å². The highest BCUT2D eigenvalue weighted by Crippen LogP contribution is 2.51. The van der Waals surface area contributed by atoms with Gasteiger partial charge in [0.25, 0.3) is 0 Å². The Labute approximate surface area is 73.9 Å². The van der Waals surface area contributed by atoms with Crippen molar-refractivity contribution >= 4 is 6.29 Å². The molecule has 68 valence electrons. The van der Waals surface area contributed by atoms with E-state index in [0.29, 0.717) is 11.3 Å². The summed E-state index contributed by atoms with van der Waals surface area (Å²) in [5.41, 5.74) is 0.581. The molecule has 0 bridgehead atoms. The third-order valence-electron chi connectivity index (χ3n) is 3.63. The zero-order valence-corrected chi connectivity index (χ0v) is 7.75. The van der Waals surface area contributed by atoms with Crippen LogP contribution >= 0.6 is 0 Å². The van der Waals surface area contributed by atoms with Crippen LogP contribution in [0.1, 0.15) is 25.7 Å². The lowest BCUT2D eigenvalue weighted by molar-refractivity contribution is -0.119. The van der Waals surface area contributed by atoms with Crippen molar-refractivity contribution in [3.05, 3.63) is 0 Å². The lowest BCUT2D eigenvalue weighted by Crippen LogP contribution is -2.46. The van der Waals surface area contributed by atoms with Crippen LogP contribution in [0.25, 0.3) is 0 Å². The van der Waals surface area contributed by atoms with E-state index in [-0.39, 0.29) is 0 Å². The lowest BCUT2D eigenvalue weighted by atomic mass is 9.58. The van der Waals surface area contributed by atoms with E-state index in [0.717, 1.165) is 6.29 Å². The first-order chi connectivity index (χ1) is 5.74. The number of hydrogen-bond acceptors (Lipinski definition) is 2. The second-order valence-corrected chi connectivity index (χ2v) is 4.61. The number of aldehydes is 1. The van der Waals surface area contributed by atoms with Gasteiger partial charge >= 0.3 is 0 Å². The maximum Gasteiger partial charge on any atom is 0.123 e. The third kappa shape index (κ3) is 1.28. The van der Waals surface area contributed by atoms with E-state index in [4.69, 9.17) is 0 Å². The van der Waals surface area contributed by atoms with Gasteiger partial charge in [-0.3, -0.25) is 0 Å². The molecule has 0 radical (unpaired) electrons. The lowest BCUT2D eigenvalue weighted by Gasteiger charge is -2.50. The summed E-state index contributed by atoms with van der Waals surface area (Å²) in [5, 5.41) is 0. The van der Waals surface area contributed by atoms with Crippen LogP contribution in [0.15, 0.2) is 0 Å². The molecule has 1 aliphatic carbocycles. The first-order valence-corrected chi connectivity index (χ1v) is 4.88. The van der Waals surface area contributed by atoms with Crippen LogP contribution in [0.3, 0.4) is 0 Å². The molecule has 0 aromatic heterocycles. The van der Waals surface area contributed by atoms with Crippen molar-refractivity contribution in [2.45, 2.75) is 25.7 Å². The topological polar surface area (TPSA) is 20.3 Å². The van der Waals surface area contributed by atoms with Crippen molar-refractivity contribution in [1.29, 1.82) is 0 Å². The summed E-state index contributed by atoms with van der Waals surface area (Å²) in [7, 11) is 2.18. The Morgan fingerprint density at radius 2 is 1.92 bits per heavy atom. The van der Waals surface area contributed by atoms with Crippen molar-refractivity contribution < 1.29 is 4.79 Å². The Morgan fingerprint density at radius 1 is 1.33 bits per heavy atom. The van der Waals surface area contributed by atoms with Gasteiger partial charge in [-0.2, -0.15) is 0 Å². The molecule has 2 nitrogen and oxygen atoms in total. The Bertz CT molecular complexity index is 174. The maximum atomic E-state index is 10.5. The van der Waals surface area contributed by atoms with Gasteiger partial charge in [-0.15, -0.1) is 0 Å². The summed E-state index contributed by atoms with van der Waals surface area (Å²) < 4.78 is 0. The summed E-state index contributed by atoms with van der Waals surface area (Å²) >= 11 is 0. The maximum absolute atomic E-state index is 10.5. The van der Waals surface area contributed by atoms with Crippen LogP contribution in [0.4, 0.5) is 0 Å². The molecule has 2 fully saturated rings. The van der Waals surface area contributed by atoms with Crippen molar-refractivity contribution in [3.8, 4) is 0 Å². The van der Waals surface area contributed by atoms with Gasteiger partial charge in [0.1, 0.15) is 6.29 Å². The first kappa shape index (κ1) is 8.24. The number of likely N-dealkylation sites (tertiary alicyclic amines) is 1. The SMILES string of the molecule is CN1CCC2(CC1)CC(C=O)C2. The van der Waals surface area contributed by atoms with Crippen LogP contribution in [0.2, 0.25) is 0 Å². The smallest absolute Gasteiger partial charge is 0.123 e. The van der Waals surface area contributed by atoms with Gasteiger partial charge in [0.15, 0.2) is 0 Å². The van der Waals surface area contributed by atoms with Gasteiger partial charge < -0.3 is 9.69 Å².